The van der Waals surface area contributed by atoms with Gasteiger partial charge in [0.1, 0.15) is 5.75 Å². The Bertz CT molecular complexity index is 893. The molecule has 0 saturated heterocycles. The minimum Gasteiger partial charge on any atom is -0.480 e. The van der Waals surface area contributed by atoms with E-state index >= 15 is 0 Å². The minimum absolute atomic E-state index is 0.102. The molecule has 1 amide bonds. The van der Waals surface area contributed by atoms with E-state index in [2.05, 4.69) is 5.32 Å². The third kappa shape index (κ3) is 5.65. The van der Waals surface area contributed by atoms with Gasteiger partial charge in [-0.15, -0.1) is 0 Å². The number of carbonyl (C=O) groups excluding carboxylic acids is 1. The number of carbonyl (C=O) groups is 1. The molecule has 0 saturated carbocycles. The van der Waals surface area contributed by atoms with Crippen molar-refractivity contribution in [3.63, 3.8) is 0 Å². The number of benzene rings is 3. The lowest BCUT2D eigenvalue weighted by atomic mass is 10.1. The van der Waals surface area contributed by atoms with Crippen molar-refractivity contribution in [1.82, 2.24) is 5.32 Å². The van der Waals surface area contributed by atoms with E-state index in [1.807, 2.05) is 66.7 Å². The highest BCUT2D eigenvalue weighted by Gasteiger charge is 2.15. The normalized spacial score (nSPS) is 11.9. The molecule has 3 aromatic carbocycles. The maximum absolute atomic E-state index is 12.3. The van der Waals surface area contributed by atoms with Gasteiger partial charge in [-0.2, -0.15) is 11.8 Å². The number of hydrogen-bond acceptors (Lipinski definition) is 3. The summed E-state index contributed by atoms with van der Waals surface area (Å²) in [6.45, 7) is 2.39. The van der Waals surface area contributed by atoms with Gasteiger partial charge in [0.25, 0.3) is 5.91 Å². The maximum atomic E-state index is 12.3. The SMILES string of the molecule is C[C@@H](Oc1cccc2ccccc12)C(=O)NCCSCc1ccc(Cl)cc1. The molecule has 0 aliphatic heterocycles. The molecule has 0 fully saturated rings. The van der Waals surface area contributed by atoms with Crippen LogP contribution in [0.5, 0.6) is 5.75 Å². The standard InChI is InChI=1S/C22H22ClNO2S/c1-16(26-21-8-4-6-18-5-2-3-7-20(18)21)22(25)24-13-14-27-15-17-9-11-19(23)12-10-17/h2-12,16H,13-15H2,1H3,(H,24,25)/t16-/m1/s1. The van der Waals surface area contributed by atoms with Crippen molar-refractivity contribution < 1.29 is 9.53 Å². The predicted octanol–water partition coefficient (Wildman–Crippen LogP) is 5.31. The molecular weight excluding hydrogens is 378 g/mol. The minimum atomic E-state index is -0.544. The Morgan fingerprint density at radius 1 is 1.07 bits per heavy atom. The summed E-state index contributed by atoms with van der Waals surface area (Å²) in [5, 5.41) is 5.80. The van der Waals surface area contributed by atoms with Crippen LogP contribution in [0.1, 0.15) is 12.5 Å². The van der Waals surface area contributed by atoms with E-state index in [0.717, 1.165) is 33.1 Å². The van der Waals surface area contributed by atoms with Gasteiger partial charge in [0, 0.05) is 28.5 Å². The van der Waals surface area contributed by atoms with E-state index in [1.54, 1.807) is 18.7 Å². The van der Waals surface area contributed by atoms with E-state index in [4.69, 9.17) is 16.3 Å². The smallest absolute Gasteiger partial charge is 0.260 e. The van der Waals surface area contributed by atoms with Crippen LogP contribution in [0.2, 0.25) is 5.02 Å². The molecule has 5 heteroatoms. The number of fused-ring (bicyclic) bond motifs is 1. The molecule has 3 rings (SSSR count). The second-order valence-electron chi connectivity index (χ2n) is 6.21. The highest BCUT2D eigenvalue weighted by Crippen LogP contribution is 2.26. The summed E-state index contributed by atoms with van der Waals surface area (Å²) in [5.41, 5.74) is 1.23. The molecule has 140 valence electrons. The number of ether oxygens (including phenoxy) is 1. The predicted molar refractivity (Wildman–Crippen MR) is 115 cm³/mol. The Balaban J connectivity index is 1.43. The molecule has 27 heavy (non-hydrogen) atoms. The average molecular weight is 400 g/mol. The Labute approximate surface area is 169 Å². The summed E-state index contributed by atoms with van der Waals surface area (Å²) < 4.78 is 5.90. The van der Waals surface area contributed by atoms with Gasteiger partial charge in [0.15, 0.2) is 6.10 Å². The van der Waals surface area contributed by atoms with Gasteiger partial charge in [-0.05, 0) is 36.1 Å². The van der Waals surface area contributed by atoms with Crippen LogP contribution < -0.4 is 10.1 Å². The lowest BCUT2D eigenvalue weighted by Crippen LogP contribution is -2.37. The van der Waals surface area contributed by atoms with Crippen LogP contribution in [-0.4, -0.2) is 24.3 Å². The summed E-state index contributed by atoms with van der Waals surface area (Å²) in [6, 6.07) is 21.7. The van der Waals surface area contributed by atoms with Gasteiger partial charge >= 0.3 is 0 Å². The Morgan fingerprint density at radius 2 is 1.81 bits per heavy atom. The van der Waals surface area contributed by atoms with Crippen molar-refractivity contribution in [3.8, 4) is 5.75 Å². The number of thioether (sulfide) groups is 1. The topological polar surface area (TPSA) is 38.3 Å². The molecule has 0 radical (unpaired) electrons. The van der Waals surface area contributed by atoms with Crippen molar-refractivity contribution >= 4 is 40.0 Å². The zero-order valence-corrected chi connectivity index (χ0v) is 16.7. The molecule has 0 heterocycles. The Hall–Kier alpha value is -2.17. The van der Waals surface area contributed by atoms with Gasteiger partial charge in [0.2, 0.25) is 0 Å². The fourth-order valence-corrected chi connectivity index (χ4v) is 3.65. The van der Waals surface area contributed by atoms with Gasteiger partial charge < -0.3 is 10.1 Å². The first-order valence-corrected chi connectivity index (χ1v) is 10.4. The Kier molecular flexibility index (Phi) is 7.02. The largest absolute Gasteiger partial charge is 0.480 e. The fraction of sp³-hybridized carbons (Fsp3) is 0.227. The highest BCUT2D eigenvalue weighted by molar-refractivity contribution is 7.98. The Morgan fingerprint density at radius 3 is 2.63 bits per heavy atom. The zero-order valence-electron chi connectivity index (χ0n) is 15.2. The molecule has 1 N–H and O–H groups in total. The van der Waals surface area contributed by atoms with Crippen LogP contribution in [0.25, 0.3) is 10.8 Å². The van der Waals surface area contributed by atoms with Crippen LogP contribution in [0.3, 0.4) is 0 Å². The maximum Gasteiger partial charge on any atom is 0.260 e. The molecule has 0 unspecified atom stereocenters. The average Bonchev–Trinajstić information content (AvgIpc) is 2.69. The van der Waals surface area contributed by atoms with E-state index in [-0.39, 0.29) is 5.91 Å². The number of hydrogen-bond donors (Lipinski definition) is 1. The van der Waals surface area contributed by atoms with Crippen LogP contribution in [0.15, 0.2) is 66.7 Å². The lowest BCUT2D eigenvalue weighted by Gasteiger charge is -2.16. The number of nitrogens with one attached hydrogen (secondary N) is 1. The van der Waals surface area contributed by atoms with Crippen molar-refractivity contribution in [2.24, 2.45) is 0 Å². The molecule has 3 nitrogen and oxygen atoms in total. The monoisotopic (exact) mass is 399 g/mol. The first-order valence-electron chi connectivity index (χ1n) is 8.88. The number of amides is 1. The first kappa shape index (κ1) is 19.6. The second-order valence-corrected chi connectivity index (χ2v) is 7.75. The summed E-state index contributed by atoms with van der Waals surface area (Å²) in [4.78, 5) is 12.3. The summed E-state index contributed by atoms with van der Waals surface area (Å²) >= 11 is 7.66. The third-order valence-electron chi connectivity index (χ3n) is 4.15. The highest BCUT2D eigenvalue weighted by atomic mass is 35.5. The van der Waals surface area contributed by atoms with E-state index in [9.17, 15) is 4.79 Å². The molecular formula is C22H22ClNO2S. The van der Waals surface area contributed by atoms with Gasteiger partial charge in [0.05, 0.1) is 0 Å². The first-order chi connectivity index (χ1) is 13.1. The van der Waals surface area contributed by atoms with Crippen LogP contribution in [0.4, 0.5) is 0 Å². The molecule has 0 aliphatic carbocycles. The van der Waals surface area contributed by atoms with Crippen LogP contribution >= 0.6 is 23.4 Å². The van der Waals surface area contributed by atoms with Crippen LogP contribution in [-0.2, 0) is 10.5 Å². The van der Waals surface area contributed by atoms with Gasteiger partial charge in [-0.3, -0.25) is 4.79 Å². The van der Waals surface area contributed by atoms with Crippen molar-refractivity contribution in [2.75, 3.05) is 12.3 Å². The molecule has 0 spiro atoms. The summed E-state index contributed by atoms with van der Waals surface area (Å²) in [7, 11) is 0. The molecule has 0 aromatic heterocycles. The molecule has 0 bridgehead atoms. The van der Waals surface area contributed by atoms with E-state index in [1.165, 1.54) is 5.56 Å². The molecule has 1 atom stereocenters. The lowest BCUT2D eigenvalue weighted by molar-refractivity contribution is -0.127. The van der Waals surface area contributed by atoms with Crippen molar-refractivity contribution in [3.05, 3.63) is 77.3 Å². The van der Waals surface area contributed by atoms with E-state index < -0.39 is 6.10 Å². The fourth-order valence-electron chi connectivity index (χ4n) is 2.70. The second kappa shape index (κ2) is 9.67. The van der Waals surface area contributed by atoms with Crippen molar-refractivity contribution in [2.45, 2.75) is 18.8 Å². The summed E-state index contributed by atoms with van der Waals surface area (Å²) in [5.74, 6) is 2.37. The summed E-state index contributed by atoms with van der Waals surface area (Å²) in [6.07, 6.45) is -0.544. The van der Waals surface area contributed by atoms with Gasteiger partial charge in [-0.1, -0.05) is 60.1 Å². The van der Waals surface area contributed by atoms with Crippen LogP contribution in [0, 0.1) is 0 Å². The third-order valence-corrected chi connectivity index (χ3v) is 5.43. The number of rotatable bonds is 8. The van der Waals surface area contributed by atoms with E-state index in [0.29, 0.717) is 6.54 Å². The van der Waals surface area contributed by atoms with Crippen molar-refractivity contribution in [1.29, 1.82) is 0 Å². The molecule has 3 aromatic rings. The zero-order chi connectivity index (χ0) is 19.1. The number of halogens is 1. The van der Waals surface area contributed by atoms with Gasteiger partial charge in [-0.25, -0.2) is 0 Å². The molecule has 0 aliphatic rings. The quantitative estimate of drug-likeness (QED) is 0.521.